The zero-order valence-corrected chi connectivity index (χ0v) is 32.0. The van der Waals surface area contributed by atoms with E-state index in [0.717, 1.165) is 21.9 Å². The Balaban J connectivity index is 0.997. The SMILES string of the molecule is CC1(C)c2cc(-c3ccc4oc5ccccc5c4c3)ccc2-c2ccc(C(c3ccc(-c4cccc(-c5ccccc5)c4)cc3)c3cccc4ccccc34)cc21. The molecule has 0 saturated carbocycles. The van der Waals surface area contributed by atoms with E-state index in [0.29, 0.717) is 0 Å². The molecule has 1 unspecified atom stereocenters. The second-order valence-electron chi connectivity index (χ2n) is 16.1. The van der Waals surface area contributed by atoms with Gasteiger partial charge in [-0.2, -0.15) is 0 Å². The summed E-state index contributed by atoms with van der Waals surface area (Å²) in [6.07, 6.45) is 0. The van der Waals surface area contributed by atoms with E-state index in [4.69, 9.17) is 4.42 Å². The smallest absolute Gasteiger partial charge is 0.135 e. The average Bonchev–Trinajstić information content (AvgIpc) is 3.75. The van der Waals surface area contributed by atoms with Gasteiger partial charge in [-0.1, -0.05) is 184 Å². The molecule has 1 heteroatoms. The van der Waals surface area contributed by atoms with Gasteiger partial charge in [0.25, 0.3) is 0 Å². The van der Waals surface area contributed by atoms with Crippen molar-refractivity contribution in [1.29, 1.82) is 0 Å². The van der Waals surface area contributed by atoms with Gasteiger partial charge >= 0.3 is 0 Å². The Hall–Kier alpha value is -6.96. The van der Waals surface area contributed by atoms with Crippen LogP contribution in [0.15, 0.2) is 205 Å². The fourth-order valence-corrected chi connectivity index (χ4v) is 9.45. The Labute approximate surface area is 333 Å². The summed E-state index contributed by atoms with van der Waals surface area (Å²) in [4.78, 5) is 0. The van der Waals surface area contributed by atoms with E-state index in [1.54, 1.807) is 0 Å². The molecule has 1 heterocycles. The molecule has 0 bridgehead atoms. The maximum Gasteiger partial charge on any atom is 0.135 e. The van der Waals surface area contributed by atoms with Crippen LogP contribution in [0.2, 0.25) is 0 Å². The molecule has 9 aromatic carbocycles. The lowest BCUT2D eigenvalue weighted by atomic mass is 9.78. The summed E-state index contributed by atoms with van der Waals surface area (Å²) in [7, 11) is 0. The third-order valence-corrected chi connectivity index (χ3v) is 12.4. The van der Waals surface area contributed by atoms with Crippen LogP contribution in [0.3, 0.4) is 0 Å². The van der Waals surface area contributed by atoms with Gasteiger partial charge in [0.05, 0.1) is 0 Å². The molecule has 57 heavy (non-hydrogen) atoms. The average molecular weight is 729 g/mol. The highest BCUT2D eigenvalue weighted by Crippen LogP contribution is 2.51. The zero-order valence-electron chi connectivity index (χ0n) is 32.0. The molecule has 11 rings (SSSR count). The lowest BCUT2D eigenvalue weighted by molar-refractivity contribution is 0.659. The maximum atomic E-state index is 6.16. The Morgan fingerprint density at radius 1 is 0.368 bits per heavy atom. The van der Waals surface area contributed by atoms with Crippen LogP contribution in [0, 0.1) is 0 Å². The summed E-state index contributed by atoms with van der Waals surface area (Å²) in [5.74, 6) is 0.0534. The van der Waals surface area contributed by atoms with Crippen LogP contribution in [0.25, 0.3) is 77.2 Å². The molecule has 1 aromatic heterocycles. The highest BCUT2D eigenvalue weighted by Gasteiger charge is 2.36. The van der Waals surface area contributed by atoms with E-state index in [-0.39, 0.29) is 11.3 Å². The van der Waals surface area contributed by atoms with E-state index in [1.165, 1.54) is 83.1 Å². The van der Waals surface area contributed by atoms with Gasteiger partial charge in [0.1, 0.15) is 11.2 Å². The van der Waals surface area contributed by atoms with Crippen molar-refractivity contribution >= 4 is 32.7 Å². The number of hydrogen-bond acceptors (Lipinski definition) is 1. The van der Waals surface area contributed by atoms with Crippen molar-refractivity contribution in [2.45, 2.75) is 25.2 Å². The predicted molar refractivity (Wildman–Crippen MR) is 239 cm³/mol. The molecule has 0 fully saturated rings. The highest BCUT2D eigenvalue weighted by atomic mass is 16.3. The van der Waals surface area contributed by atoms with Crippen molar-refractivity contribution in [1.82, 2.24) is 0 Å². The minimum atomic E-state index is -0.180. The van der Waals surface area contributed by atoms with Gasteiger partial charge in [-0.15, -0.1) is 0 Å². The van der Waals surface area contributed by atoms with Crippen molar-refractivity contribution in [3.05, 3.63) is 228 Å². The lowest BCUT2D eigenvalue weighted by Gasteiger charge is -2.25. The monoisotopic (exact) mass is 728 g/mol. The van der Waals surface area contributed by atoms with E-state index < -0.39 is 0 Å². The Morgan fingerprint density at radius 3 is 1.74 bits per heavy atom. The van der Waals surface area contributed by atoms with Crippen LogP contribution in [0.4, 0.5) is 0 Å². The number of hydrogen-bond donors (Lipinski definition) is 0. The standard InChI is InChI=1S/C56H40O/c1-56(2)51-34-43(42-28-31-54-50(33-42)48-19-8-9-21-53(48)57-54)26-29-46(51)47-30-27-44(35-52(47)56)55(49-20-11-15-38-14-6-7-18-45(38)49)39-24-22-37(23-25-39)41-17-10-16-40(32-41)36-12-4-3-5-13-36/h3-35,55H,1-2H3. The summed E-state index contributed by atoms with van der Waals surface area (Å²) in [5.41, 5.74) is 18.3. The molecule has 10 aromatic rings. The van der Waals surface area contributed by atoms with Gasteiger partial charge in [0.15, 0.2) is 0 Å². The van der Waals surface area contributed by atoms with Crippen LogP contribution >= 0.6 is 0 Å². The molecule has 0 N–H and O–H groups in total. The van der Waals surface area contributed by atoms with Crippen LogP contribution < -0.4 is 0 Å². The van der Waals surface area contributed by atoms with Crippen molar-refractivity contribution < 1.29 is 4.42 Å². The summed E-state index contributed by atoms with van der Waals surface area (Å²) in [6, 6.07) is 73.6. The second-order valence-corrected chi connectivity index (χ2v) is 16.1. The van der Waals surface area contributed by atoms with E-state index in [2.05, 4.69) is 202 Å². The summed E-state index contributed by atoms with van der Waals surface area (Å²) < 4.78 is 6.16. The topological polar surface area (TPSA) is 13.1 Å². The molecule has 270 valence electrons. The largest absolute Gasteiger partial charge is 0.456 e. The van der Waals surface area contributed by atoms with E-state index >= 15 is 0 Å². The first-order chi connectivity index (χ1) is 28.0. The number of para-hydroxylation sites is 1. The fourth-order valence-electron chi connectivity index (χ4n) is 9.45. The molecule has 0 spiro atoms. The molecule has 1 nitrogen and oxygen atoms in total. The molecular formula is C56H40O. The Kier molecular flexibility index (Phi) is 7.66. The van der Waals surface area contributed by atoms with Crippen molar-refractivity contribution in [2.24, 2.45) is 0 Å². The minimum Gasteiger partial charge on any atom is -0.456 e. The molecule has 0 amide bonds. The van der Waals surface area contributed by atoms with Gasteiger partial charge in [-0.05, 0) is 113 Å². The van der Waals surface area contributed by atoms with Crippen molar-refractivity contribution in [3.8, 4) is 44.5 Å². The van der Waals surface area contributed by atoms with Gasteiger partial charge in [0, 0.05) is 22.1 Å². The first-order valence-electron chi connectivity index (χ1n) is 19.9. The number of fused-ring (bicyclic) bond motifs is 7. The quantitative estimate of drug-likeness (QED) is 0.155. The van der Waals surface area contributed by atoms with Gasteiger partial charge in [-0.25, -0.2) is 0 Å². The third kappa shape index (κ3) is 5.53. The predicted octanol–water partition coefficient (Wildman–Crippen LogP) is 15.2. The van der Waals surface area contributed by atoms with Crippen molar-refractivity contribution in [2.75, 3.05) is 0 Å². The van der Waals surface area contributed by atoms with Gasteiger partial charge in [0.2, 0.25) is 0 Å². The molecular weight excluding hydrogens is 689 g/mol. The Bertz CT molecular complexity index is 3140. The normalized spacial score (nSPS) is 13.5. The lowest BCUT2D eigenvalue weighted by Crippen LogP contribution is -2.16. The summed E-state index contributed by atoms with van der Waals surface area (Å²) >= 11 is 0. The fraction of sp³-hybridized carbons (Fsp3) is 0.0714. The summed E-state index contributed by atoms with van der Waals surface area (Å²) in [5, 5.41) is 4.87. The number of furan rings is 1. The molecule has 0 radical (unpaired) electrons. The van der Waals surface area contributed by atoms with Crippen molar-refractivity contribution in [3.63, 3.8) is 0 Å². The summed E-state index contributed by atoms with van der Waals surface area (Å²) in [6.45, 7) is 4.78. The maximum absolute atomic E-state index is 6.16. The molecule has 0 saturated heterocycles. The number of benzene rings is 9. The third-order valence-electron chi connectivity index (χ3n) is 12.4. The molecule has 1 aliphatic carbocycles. The zero-order chi connectivity index (χ0) is 38.1. The minimum absolute atomic E-state index is 0.0534. The first-order valence-corrected chi connectivity index (χ1v) is 19.9. The molecule has 1 atom stereocenters. The number of rotatable bonds is 6. The van der Waals surface area contributed by atoms with E-state index in [9.17, 15) is 0 Å². The van der Waals surface area contributed by atoms with Crippen LogP contribution in [0.5, 0.6) is 0 Å². The second kappa shape index (κ2) is 13.1. The van der Waals surface area contributed by atoms with E-state index in [1.807, 2.05) is 12.1 Å². The molecule has 1 aliphatic rings. The van der Waals surface area contributed by atoms with Crippen LogP contribution in [0.1, 0.15) is 47.6 Å². The van der Waals surface area contributed by atoms with Crippen LogP contribution in [-0.2, 0) is 5.41 Å². The Morgan fingerprint density at radius 2 is 0.912 bits per heavy atom. The van der Waals surface area contributed by atoms with Gasteiger partial charge in [-0.3, -0.25) is 0 Å². The highest BCUT2D eigenvalue weighted by molar-refractivity contribution is 6.06. The first kappa shape index (κ1) is 33.4. The molecule has 0 aliphatic heterocycles. The van der Waals surface area contributed by atoms with Gasteiger partial charge < -0.3 is 4.42 Å². The van der Waals surface area contributed by atoms with Crippen LogP contribution in [-0.4, -0.2) is 0 Å².